The number of aryl methyl sites for hydroxylation is 1. The highest BCUT2D eigenvalue weighted by Gasteiger charge is 2.43. The third-order valence-corrected chi connectivity index (χ3v) is 4.73. The normalized spacial score (nSPS) is 24.9. The van der Waals surface area contributed by atoms with Gasteiger partial charge in [0, 0.05) is 25.3 Å². The van der Waals surface area contributed by atoms with Gasteiger partial charge in [-0.2, -0.15) is 5.10 Å². The van der Waals surface area contributed by atoms with Crippen LogP contribution in [-0.2, 0) is 20.8 Å². The van der Waals surface area contributed by atoms with Gasteiger partial charge < -0.3 is 19.3 Å². The lowest BCUT2D eigenvalue weighted by Gasteiger charge is -2.43. The zero-order valence-corrected chi connectivity index (χ0v) is 15.1. The standard InChI is InChI=1S/C17H26N4O4/c1-4-20-8-14(7-18-20)16(23)19-5-6-25-17(10-19)11-21(13(2)3)15(22)9-24-12-17/h7-8,13H,4-6,9-12H2,1-3H3. The number of aromatic nitrogens is 2. The molecule has 8 heteroatoms. The molecule has 2 amide bonds. The van der Waals surface area contributed by atoms with Gasteiger partial charge in [-0.3, -0.25) is 14.3 Å². The second kappa shape index (κ2) is 7.13. The lowest BCUT2D eigenvalue weighted by molar-refractivity contribution is -0.140. The first-order chi connectivity index (χ1) is 11.9. The summed E-state index contributed by atoms with van der Waals surface area (Å²) < 4.78 is 13.3. The maximum atomic E-state index is 12.8. The topological polar surface area (TPSA) is 76.9 Å². The van der Waals surface area contributed by atoms with Crippen LogP contribution >= 0.6 is 0 Å². The highest BCUT2D eigenvalue weighted by Crippen LogP contribution is 2.25. The maximum absolute atomic E-state index is 12.8. The van der Waals surface area contributed by atoms with E-state index in [1.807, 2.05) is 20.8 Å². The molecule has 8 nitrogen and oxygen atoms in total. The van der Waals surface area contributed by atoms with Crippen LogP contribution in [0.5, 0.6) is 0 Å². The van der Waals surface area contributed by atoms with E-state index in [4.69, 9.17) is 9.47 Å². The zero-order valence-electron chi connectivity index (χ0n) is 15.1. The van der Waals surface area contributed by atoms with Gasteiger partial charge in [-0.1, -0.05) is 0 Å². The van der Waals surface area contributed by atoms with E-state index < -0.39 is 5.60 Å². The molecule has 25 heavy (non-hydrogen) atoms. The molecule has 0 radical (unpaired) electrons. The van der Waals surface area contributed by atoms with Crippen LogP contribution in [0.15, 0.2) is 12.4 Å². The summed E-state index contributed by atoms with van der Waals surface area (Å²) in [7, 11) is 0. The first-order valence-electron chi connectivity index (χ1n) is 8.77. The molecular weight excluding hydrogens is 324 g/mol. The number of carbonyl (C=O) groups excluding carboxylic acids is 2. The van der Waals surface area contributed by atoms with Crippen molar-refractivity contribution >= 4 is 11.8 Å². The minimum Gasteiger partial charge on any atom is -0.368 e. The zero-order chi connectivity index (χ0) is 18.0. The molecule has 3 heterocycles. The second-order valence-corrected chi connectivity index (χ2v) is 6.95. The summed E-state index contributed by atoms with van der Waals surface area (Å²) in [4.78, 5) is 28.6. The van der Waals surface area contributed by atoms with Gasteiger partial charge >= 0.3 is 0 Å². The third-order valence-electron chi connectivity index (χ3n) is 4.73. The number of amides is 2. The summed E-state index contributed by atoms with van der Waals surface area (Å²) in [5.41, 5.74) is -0.101. The Morgan fingerprint density at radius 3 is 2.88 bits per heavy atom. The molecule has 1 atom stereocenters. The molecule has 3 rings (SSSR count). The van der Waals surface area contributed by atoms with Gasteiger partial charge in [0.15, 0.2) is 0 Å². The fourth-order valence-corrected chi connectivity index (χ4v) is 3.35. The van der Waals surface area contributed by atoms with Gasteiger partial charge in [-0.15, -0.1) is 0 Å². The predicted molar refractivity (Wildman–Crippen MR) is 90.2 cm³/mol. The van der Waals surface area contributed by atoms with Crippen molar-refractivity contribution in [3.8, 4) is 0 Å². The second-order valence-electron chi connectivity index (χ2n) is 6.95. The van der Waals surface area contributed by atoms with Crippen molar-refractivity contribution in [2.45, 2.75) is 39.0 Å². The fourth-order valence-electron chi connectivity index (χ4n) is 3.35. The van der Waals surface area contributed by atoms with Gasteiger partial charge in [0.05, 0.1) is 38.1 Å². The van der Waals surface area contributed by atoms with Gasteiger partial charge in [-0.25, -0.2) is 0 Å². The van der Waals surface area contributed by atoms with Crippen molar-refractivity contribution in [2.24, 2.45) is 0 Å². The SMILES string of the molecule is CCn1cc(C(=O)N2CCOC3(COCC(=O)N(C(C)C)C3)C2)cn1. The number of hydrogen-bond donors (Lipinski definition) is 0. The summed E-state index contributed by atoms with van der Waals surface area (Å²) in [6, 6.07) is 0.0588. The number of morpholine rings is 1. The summed E-state index contributed by atoms with van der Waals surface area (Å²) >= 11 is 0. The monoisotopic (exact) mass is 350 g/mol. The molecule has 2 aliphatic heterocycles. The molecule has 1 unspecified atom stereocenters. The van der Waals surface area contributed by atoms with Crippen LogP contribution in [0, 0.1) is 0 Å². The molecule has 1 spiro atoms. The highest BCUT2D eigenvalue weighted by atomic mass is 16.5. The van der Waals surface area contributed by atoms with Crippen LogP contribution in [0.25, 0.3) is 0 Å². The Bertz CT molecular complexity index is 644. The van der Waals surface area contributed by atoms with Gasteiger partial charge in [0.1, 0.15) is 12.2 Å². The van der Waals surface area contributed by atoms with Crippen molar-refractivity contribution in [3.05, 3.63) is 18.0 Å². The Morgan fingerprint density at radius 2 is 2.20 bits per heavy atom. The molecule has 2 aliphatic rings. The summed E-state index contributed by atoms with van der Waals surface area (Å²) in [6.07, 6.45) is 3.36. The summed E-state index contributed by atoms with van der Waals surface area (Å²) in [5, 5.41) is 4.18. The minimum atomic E-state index is -0.676. The number of nitrogens with zero attached hydrogens (tertiary/aromatic N) is 4. The molecule has 1 aromatic rings. The Kier molecular flexibility index (Phi) is 5.10. The van der Waals surface area contributed by atoms with E-state index in [-0.39, 0.29) is 24.5 Å². The quantitative estimate of drug-likeness (QED) is 0.788. The molecule has 0 bridgehead atoms. The predicted octanol–water partition coefficient (Wildman–Crippen LogP) is 0.381. The van der Waals surface area contributed by atoms with Crippen LogP contribution in [0.1, 0.15) is 31.1 Å². The van der Waals surface area contributed by atoms with E-state index in [2.05, 4.69) is 5.10 Å². The Morgan fingerprint density at radius 1 is 1.40 bits per heavy atom. The number of ether oxygens (including phenoxy) is 2. The van der Waals surface area contributed by atoms with Gasteiger partial charge in [0.25, 0.3) is 5.91 Å². The fraction of sp³-hybridized carbons (Fsp3) is 0.706. The van der Waals surface area contributed by atoms with Crippen LogP contribution in [0.3, 0.4) is 0 Å². The van der Waals surface area contributed by atoms with E-state index in [0.29, 0.717) is 38.4 Å². The van der Waals surface area contributed by atoms with Crippen molar-refractivity contribution in [3.63, 3.8) is 0 Å². The molecule has 2 saturated heterocycles. The van der Waals surface area contributed by atoms with Gasteiger partial charge in [0.2, 0.25) is 5.91 Å². The third kappa shape index (κ3) is 3.69. The van der Waals surface area contributed by atoms with Crippen molar-refractivity contribution in [2.75, 3.05) is 39.5 Å². The summed E-state index contributed by atoms with van der Waals surface area (Å²) in [5.74, 6) is -0.0998. The Labute approximate surface area is 147 Å². The average Bonchev–Trinajstić information content (AvgIpc) is 3.02. The van der Waals surface area contributed by atoms with Crippen molar-refractivity contribution in [1.82, 2.24) is 19.6 Å². The molecule has 1 aromatic heterocycles. The smallest absolute Gasteiger partial charge is 0.257 e. The van der Waals surface area contributed by atoms with Crippen LogP contribution < -0.4 is 0 Å². The van der Waals surface area contributed by atoms with E-state index in [0.717, 1.165) is 6.54 Å². The minimum absolute atomic E-state index is 0.0388. The first-order valence-corrected chi connectivity index (χ1v) is 8.77. The Balaban J connectivity index is 1.77. The molecule has 0 aromatic carbocycles. The number of hydrogen-bond acceptors (Lipinski definition) is 5. The van der Waals surface area contributed by atoms with Crippen LogP contribution in [-0.4, -0.2) is 82.5 Å². The lowest BCUT2D eigenvalue weighted by atomic mass is 10.0. The lowest BCUT2D eigenvalue weighted by Crippen LogP contribution is -2.60. The molecule has 0 saturated carbocycles. The molecule has 0 aliphatic carbocycles. The van der Waals surface area contributed by atoms with Crippen LogP contribution in [0.2, 0.25) is 0 Å². The summed E-state index contributed by atoms with van der Waals surface area (Å²) in [6.45, 7) is 8.79. The van der Waals surface area contributed by atoms with Gasteiger partial charge in [-0.05, 0) is 20.8 Å². The van der Waals surface area contributed by atoms with Crippen molar-refractivity contribution in [1.29, 1.82) is 0 Å². The first kappa shape index (κ1) is 17.9. The highest BCUT2D eigenvalue weighted by molar-refractivity contribution is 5.93. The van der Waals surface area contributed by atoms with E-state index >= 15 is 0 Å². The molecule has 2 fully saturated rings. The molecule has 0 N–H and O–H groups in total. The van der Waals surface area contributed by atoms with E-state index in [1.165, 1.54) is 0 Å². The van der Waals surface area contributed by atoms with Crippen molar-refractivity contribution < 1.29 is 19.1 Å². The van der Waals surface area contributed by atoms with E-state index in [9.17, 15) is 9.59 Å². The molecule has 138 valence electrons. The average molecular weight is 350 g/mol. The maximum Gasteiger partial charge on any atom is 0.257 e. The molecular formula is C17H26N4O4. The van der Waals surface area contributed by atoms with E-state index in [1.54, 1.807) is 26.9 Å². The Hall–Kier alpha value is -1.93. The number of rotatable bonds is 3. The number of carbonyl (C=O) groups is 2. The largest absolute Gasteiger partial charge is 0.368 e. The van der Waals surface area contributed by atoms with Crippen LogP contribution in [0.4, 0.5) is 0 Å².